The quantitative estimate of drug-likeness (QED) is 0.479. The molecule has 0 amide bonds. The molecule has 0 radical (unpaired) electrons. The number of ether oxygens (including phenoxy) is 1. The minimum absolute atomic E-state index is 0.181. The van der Waals surface area contributed by atoms with Crippen LogP contribution < -0.4 is 10.1 Å². The third-order valence-electron chi connectivity index (χ3n) is 4.05. The van der Waals surface area contributed by atoms with Gasteiger partial charge in [-0.1, -0.05) is 41.9 Å². The van der Waals surface area contributed by atoms with Crippen molar-refractivity contribution in [1.82, 2.24) is 0 Å². The van der Waals surface area contributed by atoms with Gasteiger partial charge in [-0.25, -0.2) is 4.79 Å². The van der Waals surface area contributed by atoms with E-state index in [1.165, 1.54) is 11.6 Å². The summed E-state index contributed by atoms with van der Waals surface area (Å²) in [4.78, 5) is 11.3. The Kier molecular flexibility index (Phi) is 6.34. The molecule has 0 saturated carbocycles. The fraction of sp³-hybridized carbons (Fsp3) is 0.136. The van der Waals surface area contributed by atoms with Gasteiger partial charge in [0.15, 0.2) is 0 Å². The maximum Gasteiger partial charge on any atom is 0.337 e. The van der Waals surface area contributed by atoms with Crippen LogP contribution in [0, 0.1) is 0 Å². The Hall–Kier alpha value is -2.98. The lowest BCUT2D eigenvalue weighted by Crippen LogP contribution is -2.08. The Balaban J connectivity index is 1.54. The van der Waals surface area contributed by atoms with Gasteiger partial charge in [0.05, 0.1) is 5.56 Å². The summed E-state index contributed by atoms with van der Waals surface area (Å²) in [6, 6.07) is 22.5. The minimum atomic E-state index is -0.995. The monoisotopic (exact) mass is 381 g/mol. The Morgan fingerprint density at radius 2 is 1.74 bits per heavy atom. The number of anilines is 1. The van der Waals surface area contributed by atoms with Crippen LogP contribution in [0.25, 0.3) is 0 Å². The van der Waals surface area contributed by atoms with Crippen LogP contribution in [0.15, 0.2) is 72.8 Å². The molecule has 3 aromatic rings. The number of halogens is 1. The first-order chi connectivity index (χ1) is 13.1. The number of carboxylic acid groups (broad SMARTS) is 1. The number of carboxylic acids is 1. The van der Waals surface area contributed by atoms with Crippen LogP contribution in [0.5, 0.6) is 11.5 Å². The smallest absolute Gasteiger partial charge is 0.337 e. The van der Waals surface area contributed by atoms with E-state index in [1.807, 2.05) is 48.5 Å². The molecule has 0 atom stereocenters. The maximum absolute atomic E-state index is 11.3. The van der Waals surface area contributed by atoms with Gasteiger partial charge in [-0.05, 0) is 60.9 Å². The number of aromatic carboxylic acids is 1. The fourth-order valence-electron chi connectivity index (χ4n) is 2.75. The van der Waals surface area contributed by atoms with Gasteiger partial charge in [-0.3, -0.25) is 0 Å². The molecule has 3 rings (SSSR count). The third kappa shape index (κ3) is 5.50. The molecule has 0 aliphatic heterocycles. The molecule has 0 heterocycles. The lowest BCUT2D eigenvalue weighted by atomic mass is 10.1. The van der Waals surface area contributed by atoms with Crippen LogP contribution in [0.4, 0.5) is 5.69 Å². The molecule has 5 heteroatoms. The predicted molar refractivity (Wildman–Crippen MR) is 108 cm³/mol. The summed E-state index contributed by atoms with van der Waals surface area (Å²) in [5, 5.41) is 12.8. The van der Waals surface area contributed by atoms with Crippen molar-refractivity contribution in [2.24, 2.45) is 0 Å². The van der Waals surface area contributed by atoms with Crippen molar-refractivity contribution in [1.29, 1.82) is 0 Å². The summed E-state index contributed by atoms with van der Waals surface area (Å²) < 4.78 is 5.85. The predicted octanol–water partition coefficient (Wildman–Crippen LogP) is 5.88. The van der Waals surface area contributed by atoms with Gasteiger partial charge < -0.3 is 15.2 Å². The van der Waals surface area contributed by atoms with Gasteiger partial charge in [-0.15, -0.1) is 0 Å². The van der Waals surface area contributed by atoms with E-state index in [0.29, 0.717) is 17.3 Å². The second-order valence-electron chi connectivity index (χ2n) is 6.09. The molecule has 0 unspecified atom stereocenters. The molecule has 0 aliphatic rings. The molecule has 3 aromatic carbocycles. The van der Waals surface area contributed by atoms with E-state index >= 15 is 0 Å². The van der Waals surface area contributed by atoms with E-state index in [4.69, 9.17) is 16.3 Å². The van der Waals surface area contributed by atoms with Gasteiger partial charge >= 0.3 is 5.97 Å². The van der Waals surface area contributed by atoms with Gasteiger partial charge in [0.2, 0.25) is 0 Å². The van der Waals surface area contributed by atoms with Gasteiger partial charge in [-0.2, -0.15) is 0 Å². The van der Waals surface area contributed by atoms with Crippen molar-refractivity contribution >= 4 is 23.3 Å². The first kappa shape index (κ1) is 18.8. The van der Waals surface area contributed by atoms with E-state index in [0.717, 1.165) is 24.3 Å². The van der Waals surface area contributed by atoms with Crippen LogP contribution in [-0.4, -0.2) is 17.6 Å². The summed E-state index contributed by atoms with van der Waals surface area (Å²) in [6.45, 7) is 0.658. The molecule has 0 aliphatic carbocycles. The zero-order chi connectivity index (χ0) is 19.1. The number of para-hydroxylation sites is 1. The molecule has 0 saturated heterocycles. The topological polar surface area (TPSA) is 58.6 Å². The average Bonchev–Trinajstić information content (AvgIpc) is 2.67. The normalized spacial score (nSPS) is 10.4. The Bertz CT molecular complexity index is 912. The standard InChI is InChI=1S/C22H20ClNO3/c23-17-11-12-21(20(15-17)22(25)26)24-13-5-7-16-6-4-10-19(14-16)27-18-8-2-1-3-9-18/h1-4,6,8-12,14-15,24H,5,7,13H2,(H,25,26). The first-order valence-electron chi connectivity index (χ1n) is 8.70. The van der Waals surface area contributed by atoms with Crippen molar-refractivity contribution in [2.75, 3.05) is 11.9 Å². The molecule has 0 fully saturated rings. The molecule has 0 spiro atoms. The Morgan fingerprint density at radius 3 is 2.52 bits per heavy atom. The number of aryl methyl sites for hydroxylation is 1. The number of rotatable bonds is 8. The highest BCUT2D eigenvalue weighted by atomic mass is 35.5. The van der Waals surface area contributed by atoms with E-state index in [-0.39, 0.29) is 5.56 Å². The number of benzene rings is 3. The van der Waals surface area contributed by atoms with E-state index in [9.17, 15) is 9.90 Å². The number of carbonyl (C=O) groups is 1. The first-order valence-corrected chi connectivity index (χ1v) is 9.08. The zero-order valence-electron chi connectivity index (χ0n) is 14.7. The Labute approximate surface area is 163 Å². The summed E-state index contributed by atoms with van der Waals surface area (Å²) in [6.07, 6.45) is 1.71. The minimum Gasteiger partial charge on any atom is -0.478 e. The second kappa shape index (κ2) is 9.10. The highest BCUT2D eigenvalue weighted by Crippen LogP contribution is 2.23. The van der Waals surface area contributed by atoms with Crippen molar-refractivity contribution in [3.8, 4) is 11.5 Å². The lowest BCUT2D eigenvalue weighted by molar-refractivity contribution is 0.0698. The van der Waals surface area contributed by atoms with Crippen molar-refractivity contribution in [3.63, 3.8) is 0 Å². The van der Waals surface area contributed by atoms with Crippen LogP contribution in [0.3, 0.4) is 0 Å². The molecule has 27 heavy (non-hydrogen) atoms. The number of hydrogen-bond acceptors (Lipinski definition) is 3. The zero-order valence-corrected chi connectivity index (χ0v) is 15.4. The SMILES string of the molecule is O=C(O)c1cc(Cl)ccc1NCCCc1cccc(Oc2ccccc2)c1. The van der Waals surface area contributed by atoms with Crippen molar-refractivity contribution in [2.45, 2.75) is 12.8 Å². The largest absolute Gasteiger partial charge is 0.478 e. The summed E-state index contributed by atoms with van der Waals surface area (Å²) in [7, 11) is 0. The van der Waals surface area contributed by atoms with E-state index in [2.05, 4.69) is 11.4 Å². The van der Waals surface area contributed by atoms with Crippen LogP contribution in [-0.2, 0) is 6.42 Å². The van der Waals surface area contributed by atoms with E-state index < -0.39 is 5.97 Å². The van der Waals surface area contributed by atoms with Crippen molar-refractivity contribution < 1.29 is 14.6 Å². The molecular weight excluding hydrogens is 362 g/mol. The third-order valence-corrected chi connectivity index (χ3v) is 4.28. The summed E-state index contributed by atoms with van der Waals surface area (Å²) in [5.74, 6) is 0.614. The van der Waals surface area contributed by atoms with Crippen LogP contribution in [0.2, 0.25) is 5.02 Å². The average molecular weight is 382 g/mol. The lowest BCUT2D eigenvalue weighted by Gasteiger charge is -2.11. The number of nitrogens with one attached hydrogen (secondary N) is 1. The molecule has 4 nitrogen and oxygen atoms in total. The maximum atomic E-state index is 11.3. The molecule has 2 N–H and O–H groups in total. The van der Waals surface area contributed by atoms with Crippen LogP contribution >= 0.6 is 11.6 Å². The van der Waals surface area contributed by atoms with Crippen molar-refractivity contribution in [3.05, 3.63) is 88.9 Å². The fourth-order valence-corrected chi connectivity index (χ4v) is 2.92. The summed E-state index contributed by atoms with van der Waals surface area (Å²) in [5.41, 5.74) is 1.92. The molecular formula is C22H20ClNO3. The summed E-state index contributed by atoms with van der Waals surface area (Å²) >= 11 is 5.87. The van der Waals surface area contributed by atoms with Gasteiger partial charge in [0, 0.05) is 17.3 Å². The molecule has 0 bridgehead atoms. The highest BCUT2D eigenvalue weighted by molar-refractivity contribution is 6.31. The van der Waals surface area contributed by atoms with E-state index in [1.54, 1.807) is 12.1 Å². The van der Waals surface area contributed by atoms with Gasteiger partial charge in [0.1, 0.15) is 11.5 Å². The van der Waals surface area contributed by atoms with Crippen LogP contribution in [0.1, 0.15) is 22.3 Å². The molecule has 138 valence electrons. The van der Waals surface area contributed by atoms with Gasteiger partial charge in [0.25, 0.3) is 0 Å². The highest BCUT2D eigenvalue weighted by Gasteiger charge is 2.10. The Morgan fingerprint density at radius 1 is 0.963 bits per heavy atom. The second-order valence-corrected chi connectivity index (χ2v) is 6.52. The molecule has 0 aromatic heterocycles. The number of hydrogen-bond donors (Lipinski definition) is 2.